The summed E-state index contributed by atoms with van der Waals surface area (Å²) in [7, 11) is 0. The highest BCUT2D eigenvalue weighted by Crippen LogP contribution is 2.24. The number of aliphatic hydroxyl groups is 4. The second kappa shape index (κ2) is 6.33. The van der Waals surface area contributed by atoms with Gasteiger partial charge in [-0.1, -0.05) is 6.07 Å². The first kappa shape index (κ1) is 15.6. The fraction of sp³-hybridized carbons (Fsp3) is 0.500. The van der Waals surface area contributed by atoms with Crippen LogP contribution in [0.4, 0.5) is 11.4 Å². The average molecular weight is 300 g/mol. The fourth-order valence-electron chi connectivity index (χ4n) is 2.09. The van der Waals surface area contributed by atoms with Crippen LogP contribution in [0.3, 0.4) is 0 Å². The van der Waals surface area contributed by atoms with Gasteiger partial charge in [0, 0.05) is 17.8 Å². The van der Waals surface area contributed by atoms with Crippen LogP contribution in [0.15, 0.2) is 24.3 Å². The Balaban J connectivity index is 2.14. The molecule has 5 atom stereocenters. The van der Waals surface area contributed by atoms with Crippen molar-refractivity contribution in [2.75, 3.05) is 11.9 Å². The first-order valence-corrected chi connectivity index (χ1v) is 6.25. The van der Waals surface area contributed by atoms with Gasteiger partial charge in [0.05, 0.1) is 11.5 Å². The van der Waals surface area contributed by atoms with Crippen LogP contribution >= 0.6 is 0 Å². The number of nitrogens with one attached hydrogen (secondary N) is 1. The van der Waals surface area contributed by atoms with Gasteiger partial charge >= 0.3 is 0 Å². The van der Waals surface area contributed by atoms with Gasteiger partial charge in [-0.05, 0) is 6.07 Å². The van der Waals surface area contributed by atoms with Gasteiger partial charge in [-0.2, -0.15) is 0 Å². The van der Waals surface area contributed by atoms with Crippen molar-refractivity contribution >= 4 is 11.4 Å². The van der Waals surface area contributed by atoms with Crippen molar-refractivity contribution in [3.05, 3.63) is 34.4 Å². The van der Waals surface area contributed by atoms with Crippen molar-refractivity contribution in [3.8, 4) is 0 Å². The third-order valence-electron chi connectivity index (χ3n) is 3.26. The average Bonchev–Trinajstić information content (AvgIpc) is 2.48. The van der Waals surface area contributed by atoms with E-state index in [-0.39, 0.29) is 5.69 Å². The second-order valence-corrected chi connectivity index (χ2v) is 4.70. The molecule has 0 aliphatic carbocycles. The maximum absolute atomic E-state index is 10.7. The minimum atomic E-state index is -1.51. The largest absolute Gasteiger partial charge is 0.394 e. The lowest BCUT2D eigenvalue weighted by Crippen LogP contribution is -2.60. The van der Waals surface area contributed by atoms with E-state index >= 15 is 0 Å². The third-order valence-corrected chi connectivity index (χ3v) is 3.26. The molecule has 0 spiro atoms. The quantitative estimate of drug-likeness (QED) is 0.344. The number of anilines is 1. The van der Waals surface area contributed by atoms with Crippen molar-refractivity contribution < 1.29 is 30.1 Å². The first-order chi connectivity index (χ1) is 9.93. The molecular weight excluding hydrogens is 284 g/mol. The van der Waals surface area contributed by atoms with E-state index in [0.29, 0.717) is 5.69 Å². The summed E-state index contributed by atoms with van der Waals surface area (Å²) in [5, 5.41) is 51.6. The number of ether oxygens (including phenoxy) is 1. The maximum Gasteiger partial charge on any atom is 0.271 e. The summed E-state index contributed by atoms with van der Waals surface area (Å²) in [6.07, 6.45) is -6.58. The van der Waals surface area contributed by atoms with Crippen LogP contribution in [0.25, 0.3) is 0 Å². The highest BCUT2D eigenvalue weighted by Gasteiger charge is 2.43. The Morgan fingerprint density at radius 3 is 2.57 bits per heavy atom. The Morgan fingerprint density at radius 2 is 1.95 bits per heavy atom. The molecule has 1 aliphatic heterocycles. The lowest BCUT2D eigenvalue weighted by Gasteiger charge is -2.40. The molecule has 1 aromatic rings. The highest BCUT2D eigenvalue weighted by atomic mass is 16.6. The van der Waals surface area contributed by atoms with E-state index in [4.69, 9.17) is 9.84 Å². The van der Waals surface area contributed by atoms with Crippen molar-refractivity contribution in [3.63, 3.8) is 0 Å². The Labute approximate surface area is 119 Å². The number of hydrogen-bond donors (Lipinski definition) is 5. The Morgan fingerprint density at radius 1 is 1.24 bits per heavy atom. The van der Waals surface area contributed by atoms with Gasteiger partial charge in [0.15, 0.2) is 6.23 Å². The van der Waals surface area contributed by atoms with Crippen LogP contribution in [-0.2, 0) is 4.74 Å². The monoisotopic (exact) mass is 300 g/mol. The number of benzene rings is 1. The van der Waals surface area contributed by atoms with Crippen molar-refractivity contribution in [1.29, 1.82) is 0 Å². The summed E-state index contributed by atoms with van der Waals surface area (Å²) in [4.78, 5) is 10.1. The van der Waals surface area contributed by atoms with Gasteiger partial charge in [0.2, 0.25) is 0 Å². The van der Waals surface area contributed by atoms with Crippen LogP contribution in [0.1, 0.15) is 0 Å². The second-order valence-electron chi connectivity index (χ2n) is 4.70. The number of aliphatic hydroxyl groups excluding tert-OH is 4. The van der Waals surface area contributed by atoms with Gasteiger partial charge in [-0.25, -0.2) is 0 Å². The maximum atomic E-state index is 10.7. The molecule has 9 nitrogen and oxygen atoms in total. The van der Waals surface area contributed by atoms with E-state index in [1.54, 1.807) is 0 Å². The molecule has 0 saturated carbocycles. The standard InChI is InChI=1S/C12H16N2O7/c15-5-8-9(16)10(17)11(18)12(21-8)13-6-2-1-3-7(4-6)14(19)20/h1-4,8-13,15-18H,5H2/t8-,9-,10+,11-,12?/m1/s1. The molecule has 0 aromatic heterocycles. The number of nitro benzene ring substituents is 1. The van der Waals surface area contributed by atoms with E-state index < -0.39 is 42.2 Å². The third kappa shape index (κ3) is 3.28. The minimum Gasteiger partial charge on any atom is -0.394 e. The number of nitrogens with zero attached hydrogens (tertiary/aromatic N) is 1. The number of rotatable bonds is 4. The predicted octanol–water partition coefficient (Wildman–Crippen LogP) is -1.19. The minimum absolute atomic E-state index is 0.149. The molecule has 21 heavy (non-hydrogen) atoms. The summed E-state index contributed by atoms with van der Waals surface area (Å²) in [5.74, 6) is 0. The molecule has 5 N–H and O–H groups in total. The zero-order valence-corrected chi connectivity index (χ0v) is 10.9. The molecule has 0 bridgehead atoms. The first-order valence-electron chi connectivity index (χ1n) is 6.25. The predicted molar refractivity (Wildman–Crippen MR) is 70.5 cm³/mol. The van der Waals surface area contributed by atoms with E-state index in [2.05, 4.69) is 5.32 Å². The molecule has 1 unspecified atom stereocenters. The molecule has 2 rings (SSSR count). The molecule has 116 valence electrons. The Hall–Kier alpha value is -1.78. The zero-order valence-electron chi connectivity index (χ0n) is 10.9. The molecule has 1 aliphatic rings. The topological polar surface area (TPSA) is 145 Å². The summed E-state index contributed by atoms with van der Waals surface area (Å²) < 4.78 is 5.24. The molecule has 0 radical (unpaired) electrons. The van der Waals surface area contributed by atoms with E-state index in [0.717, 1.165) is 0 Å². The Bertz CT molecular complexity index is 510. The summed E-state index contributed by atoms with van der Waals surface area (Å²) in [6.45, 7) is -0.544. The molecular formula is C12H16N2O7. The Kier molecular flexibility index (Phi) is 4.70. The molecule has 1 fully saturated rings. The van der Waals surface area contributed by atoms with Crippen molar-refractivity contribution in [1.82, 2.24) is 0 Å². The lowest BCUT2D eigenvalue weighted by atomic mass is 9.98. The number of hydrogen-bond acceptors (Lipinski definition) is 8. The summed E-state index contributed by atoms with van der Waals surface area (Å²) in [6, 6.07) is 5.51. The van der Waals surface area contributed by atoms with Crippen LogP contribution in [0, 0.1) is 10.1 Å². The van der Waals surface area contributed by atoms with Crippen LogP contribution in [0.2, 0.25) is 0 Å². The zero-order chi connectivity index (χ0) is 15.6. The van der Waals surface area contributed by atoms with Gasteiger partial charge < -0.3 is 30.5 Å². The molecule has 1 heterocycles. The smallest absolute Gasteiger partial charge is 0.271 e. The van der Waals surface area contributed by atoms with E-state index in [1.165, 1.54) is 24.3 Å². The van der Waals surface area contributed by atoms with Gasteiger partial charge in [0.1, 0.15) is 24.4 Å². The lowest BCUT2D eigenvalue weighted by molar-refractivity contribution is -0.384. The highest BCUT2D eigenvalue weighted by molar-refractivity contribution is 5.51. The van der Waals surface area contributed by atoms with Crippen molar-refractivity contribution in [2.45, 2.75) is 30.6 Å². The molecule has 9 heteroatoms. The SMILES string of the molecule is O=[N+]([O-])c1cccc(NC2O[C@H](CO)[C@@H](O)[C@H](O)[C@H]2O)c1. The summed E-state index contributed by atoms with van der Waals surface area (Å²) >= 11 is 0. The molecule has 1 saturated heterocycles. The normalized spacial score (nSPS) is 32.7. The van der Waals surface area contributed by atoms with Gasteiger partial charge in [-0.15, -0.1) is 0 Å². The van der Waals surface area contributed by atoms with E-state index in [1.807, 2.05) is 0 Å². The number of non-ortho nitro benzene ring substituents is 1. The molecule has 1 aromatic carbocycles. The van der Waals surface area contributed by atoms with E-state index in [9.17, 15) is 25.4 Å². The van der Waals surface area contributed by atoms with Gasteiger partial charge in [0.25, 0.3) is 5.69 Å². The fourth-order valence-corrected chi connectivity index (χ4v) is 2.09. The van der Waals surface area contributed by atoms with Crippen LogP contribution in [0.5, 0.6) is 0 Å². The van der Waals surface area contributed by atoms with Crippen molar-refractivity contribution in [2.24, 2.45) is 0 Å². The number of nitro groups is 1. The van der Waals surface area contributed by atoms with Gasteiger partial charge in [-0.3, -0.25) is 10.1 Å². The summed E-state index contributed by atoms with van der Waals surface area (Å²) in [5.41, 5.74) is 0.151. The van der Waals surface area contributed by atoms with Crippen LogP contribution < -0.4 is 5.32 Å². The van der Waals surface area contributed by atoms with Crippen LogP contribution in [-0.4, -0.2) is 62.6 Å². The molecule has 0 amide bonds.